The lowest BCUT2D eigenvalue weighted by atomic mass is 10.1. The summed E-state index contributed by atoms with van der Waals surface area (Å²) in [4.78, 5) is 21.3. The van der Waals surface area contributed by atoms with Gasteiger partial charge in [-0.2, -0.15) is 5.10 Å². The fraction of sp³-hybridized carbons (Fsp3) is 0.100. The fourth-order valence-electron chi connectivity index (χ4n) is 2.93. The second kappa shape index (κ2) is 7.69. The van der Waals surface area contributed by atoms with Crippen molar-refractivity contribution in [1.29, 1.82) is 0 Å². The van der Waals surface area contributed by atoms with E-state index in [1.165, 1.54) is 0 Å². The first-order chi connectivity index (χ1) is 13.5. The average Bonchev–Trinajstić information content (AvgIpc) is 3.12. The zero-order chi connectivity index (χ0) is 19.7. The molecule has 0 spiro atoms. The number of pyridine rings is 2. The molecule has 6 nitrogen and oxygen atoms in total. The first-order valence-electron chi connectivity index (χ1n) is 8.52. The van der Waals surface area contributed by atoms with Crippen LogP contribution in [0.1, 0.15) is 28.9 Å². The molecule has 3 aromatic heterocycles. The van der Waals surface area contributed by atoms with Gasteiger partial charge in [-0.05, 0) is 58.7 Å². The maximum atomic E-state index is 12.9. The molecule has 1 unspecified atom stereocenters. The van der Waals surface area contributed by atoms with Gasteiger partial charge in [-0.15, -0.1) is 0 Å². The highest BCUT2D eigenvalue weighted by atomic mass is 79.9. The predicted octanol–water partition coefficient (Wildman–Crippen LogP) is 4.72. The van der Waals surface area contributed by atoms with E-state index in [1.807, 2.05) is 25.1 Å². The summed E-state index contributed by atoms with van der Waals surface area (Å²) >= 11 is 9.36. The van der Waals surface area contributed by atoms with Crippen LogP contribution in [0.3, 0.4) is 0 Å². The molecule has 1 N–H and O–H groups in total. The molecular weight excluding hydrogens is 442 g/mol. The molecule has 1 aromatic carbocycles. The number of hydrogen-bond acceptors (Lipinski definition) is 4. The van der Waals surface area contributed by atoms with Gasteiger partial charge in [0.25, 0.3) is 5.91 Å². The maximum absolute atomic E-state index is 12.9. The van der Waals surface area contributed by atoms with Crippen LogP contribution < -0.4 is 5.32 Å². The number of carbonyl (C=O) groups excluding carboxylic acids is 1. The molecule has 3 heterocycles. The lowest BCUT2D eigenvalue weighted by Gasteiger charge is -2.14. The van der Waals surface area contributed by atoms with Crippen molar-refractivity contribution in [2.75, 3.05) is 0 Å². The van der Waals surface area contributed by atoms with Crippen LogP contribution in [0.4, 0.5) is 0 Å². The van der Waals surface area contributed by atoms with E-state index in [2.05, 4.69) is 36.3 Å². The van der Waals surface area contributed by atoms with Gasteiger partial charge in [-0.1, -0.05) is 11.6 Å². The largest absolute Gasteiger partial charge is 0.345 e. The number of benzene rings is 1. The number of amides is 1. The van der Waals surface area contributed by atoms with Crippen molar-refractivity contribution < 1.29 is 4.79 Å². The van der Waals surface area contributed by atoms with Gasteiger partial charge in [0.2, 0.25) is 0 Å². The Morgan fingerprint density at radius 3 is 2.61 bits per heavy atom. The van der Waals surface area contributed by atoms with Gasteiger partial charge >= 0.3 is 0 Å². The maximum Gasteiger partial charge on any atom is 0.254 e. The molecule has 0 saturated heterocycles. The van der Waals surface area contributed by atoms with Gasteiger partial charge < -0.3 is 5.32 Å². The van der Waals surface area contributed by atoms with E-state index >= 15 is 0 Å². The van der Waals surface area contributed by atoms with Gasteiger partial charge in [0.05, 0.1) is 35.2 Å². The molecule has 1 atom stereocenters. The van der Waals surface area contributed by atoms with Crippen molar-refractivity contribution in [2.24, 2.45) is 0 Å². The quantitative estimate of drug-likeness (QED) is 0.482. The molecule has 1 amide bonds. The Kier molecular flexibility index (Phi) is 5.11. The molecule has 0 aliphatic carbocycles. The summed E-state index contributed by atoms with van der Waals surface area (Å²) in [5.41, 5.74) is 2.95. The number of nitrogens with zero attached hydrogens (tertiary/aromatic N) is 4. The third-order valence-corrected chi connectivity index (χ3v) is 5.07. The minimum absolute atomic E-state index is 0.209. The standard InChI is InChI=1S/C20H15BrClN5O/c1-12(13-6-14(21)8-23-7-13)26-20(28)18-9-24-11-19-17(18)10-25-27(19)16-4-2-15(22)3-5-16/h2-12H,1H3,(H,26,28). The zero-order valence-corrected chi connectivity index (χ0v) is 17.1. The summed E-state index contributed by atoms with van der Waals surface area (Å²) in [6, 6.07) is 9.03. The van der Waals surface area contributed by atoms with Crippen LogP contribution in [-0.4, -0.2) is 25.7 Å². The summed E-state index contributed by atoms with van der Waals surface area (Å²) in [5.74, 6) is -0.221. The normalized spacial score (nSPS) is 12.1. The number of aromatic nitrogens is 4. The monoisotopic (exact) mass is 455 g/mol. The molecule has 140 valence electrons. The molecule has 0 bridgehead atoms. The lowest BCUT2D eigenvalue weighted by molar-refractivity contribution is 0.0941. The Bertz CT molecular complexity index is 1160. The summed E-state index contributed by atoms with van der Waals surface area (Å²) in [7, 11) is 0. The van der Waals surface area contributed by atoms with Gasteiger partial charge in [0.1, 0.15) is 0 Å². The topological polar surface area (TPSA) is 72.7 Å². The van der Waals surface area contributed by atoms with Crippen LogP contribution in [-0.2, 0) is 0 Å². The van der Waals surface area contributed by atoms with Gasteiger partial charge in [0.15, 0.2) is 0 Å². The smallest absolute Gasteiger partial charge is 0.254 e. The Morgan fingerprint density at radius 1 is 1.11 bits per heavy atom. The van der Waals surface area contributed by atoms with E-state index in [0.717, 1.165) is 26.6 Å². The second-order valence-electron chi connectivity index (χ2n) is 6.28. The van der Waals surface area contributed by atoms with Crippen LogP contribution in [0.5, 0.6) is 0 Å². The van der Waals surface area contributed by atoms with Crippen molar-refractivity contribution in [3.63, 3.8) is 0 Å². The van der Waals surface area contributed by atoms with Crippen LogP contribution in [0.25, 0.3) is 16.6 Å². The summed E-state index contributed by atoms with van der Waals surface area (Å²) in [6.07, 6.45) is 8.35. The Labute approximate surface area is 174 Å². The van der Waals surface area contributed by atoms with E-state index in [0.29, 0.717) is 10.6 Å². The van der Waals surface area contributed by atoms with Crippen LogP contribution in [0.2, 0.25) is 5.02 Å². The minimum Gasteiger partial charge on any atom is -0.345 e. The highest BCUT2D eigenvalue weighted by molar-refractivity contribution is 9.10. The summed E-state index contributed by atoms with van der Waals surface area (Å²) in [6.45, 7) is 1.91. The third kappa shape index (κ3) is 3.63. The molecule has 4 aromatic rings. The first-order valence-corrected chi connectivity index (χ1v) is 9.69. The molecule has 0 aliphatic rings. The third-order valence-electron chi connectivity index (χ3n) is 4.39. The second-order valence-corrected chi connectivity index (χ2v) is 7.64. The van der Waals surface area contributed by atoms with Crippen LogP contribution in [0, 0.1) is 0 Å². The number of halogens is 2. The number of hydrogen-bond donors (Lipinski definition) is 1. The summed E-state index contributed by atoms with van der Waals surface area (Å²) in [5, 5.41) is 8.79. The van der Waals surface area contributed by atoms with E-state index in [1.54, 1.807) is 47.8 Å². The Morgan fingerprint density at radius 2 is 1.86 bits per heavy atom. The van der Waals surface area contributed by atoms with E-state index < -0.39 is 0 Å². The zero-order valence-electron chi connectivity index (χ0n) is 14.8. The number of fused-ring (bicyclic) bond motifs is 1. The van der Waals surface area contributed by atoms with Crippen molar-refractivity contribution in [3.05, 3.63) is 81.9 Å². The van der Waals surface area contributed by atoms with Gasteiger partial charge in [0, 0.05) is 33.5 Å². The SMILES string of the molecule is CC(NC(=O)c1cncc2c1cnn2-c1ccc(Cl)cc1)c1cncc(Br)c1. The van der Waals surface area contributed by atoms with Crippen molar-refractivity contribution in [1.82, 2.24) is 25.1 Å². The number of carbonyl (C=O) groups is 1. The Hall–Kier alpha value is -2.77. The predicted molar refractivity (Wildman–Crippen MR) is 112 cm³/mol. The average molecular weight is 457 g/mol. The molecule has 0 radical (unpaired) electrons. The number of rotatable bonds is 4. The minimum atomic E-state index is -0.221. The first kappa shape index (κ1) is 18.6. The molecule has 8 heteroatoms. The van der Waals surface area contributed by atoms with E-state index in [-0.39, 0.29) is 11.9 Å². The van der Waals surface area contributed by atoms with Crippen LogP contribution >= 0.6 is 27.5 Å². The van der Waals surface area contributed by atoms with Crippen molar-refractivity contribution in [2.45, 2.75) is 13.0 Å². The molecule has 4 rings (SSSR count). The van der Waals surface area contributed by atoms with Crippen molar-refractivity contribution in [3.8, 4) is 5.69 Å². The molecule has 0 fully saturated rings. The molecular formula is C20H15BrClN5O. The Balaban J connectivity index is 1.65. The number of nitrogens with one attached hydrogen (secondary N) is 1. The molecule has 0 aliphatic heterocycles. The fourth-order valence-corrected chi connectivity index (χ4v) is 3.44. The van der Waals surface area contributed by atoms with E-state index in [9.17, 15) is 4.79 Å². The highest BCUT2D eigenvalue weighted by Gasteiger charge is 2.17. The van der Waals surface area contributed by atoms with Crippen LogP contribution in [0.15, 0.2) is 65.8 Å². The van der Waals surface area contributed by atoms with Gasteiger partial charge in [-0.3, -0.25) is 14.8 Å². The van der Waals surface area contributed by atoms with Gasteiger partial charge in [-0.25, -0.2) is 4.68 Å². The molecule has 28 heavy (non-hydrogen) atoms. The van der Waals surface area contributed by atoms with E-state index in [4.69, 9.17) is 11.6 Å². The lowest BCUT2D eigenvalue weighted by Crippen LogP contribution is -2.27. The van der Waals surface area contributed by atoms with Crippen molar-refractivity contribution >= 4 is 44.3 Å². The summed E-state index contributed by atoms with van der Waals surface area (Å²) < 4.78 is 2.59. The highest BCUT2D eigenvalue weighted by Crippen LogP contribution is 2.23. The molecule has 0 saturated carbocycles.